The van der Waals surface area contributed by atoms with Crippen LogP contribution in [-0.4, -0.2) is 75.2 Å². The highest BCUT2D eigenvalue weighted by atomic mass is 19.1. The van der Waals surface area contributed by atoms with E-state index >= 15 is 4.39 Å². The Morgan fingerprint density at radius 3 is 2.56 bits per heavy atom. The summed E-state index contributed by atoms with van der Waals surface area (Å²) < 4.78 is 41.5. The van der Waals surface area contributed by atoms with Gasteiger partial charge in [0.15, 0.2) is 17.6 Å². The van der Waals surface area contributed by atoms with Crippen LogP contribution in [0.3, 0.4) is 0 Å². The summed E-state index contributed by atoms with van der Waals surface area (Å²) in [4.78, 5) is 42.9. The van der Waals surface area contributed by atoms with Gasteiger partial charge in [0.1, 0.15) is 42.3 Å². The number of anilines is 1. The molecule has 0 radical (unpaired) electrons. The summed E-state index contributed by atoms with van der Waals surface area (Å²) in [7, 11) is 0. The number of amides is 1. The van der Waals surface area contributed by atoms with Gasteiger partial charge in [0.2, 0.25) is 0 Å². The smallest absolute Gasteiger partial charge is 0.323 e. The molecule has 2 aliphatic rings. The minimum absolute atomic E-state index is 0.201. The fourth-order valence-corrected chi connectivity index (χ4v) is 5.33. The van der Waals surface area contributed by atoms with E-state index in [2.05, 4.69) is 15.4 Å². The Hall–Kier alpha value is -3.16. The van der Waals surface area contributed by atoms with E-state index in [1.165, 1.54) is 17.8 Å². The Labute approximate surface area is 263 Å². The fourth-order valence-electron chi connectivity index (χ4n) is 5.33. The van der Waals surface area contributed by atoms with Crippen molar-refractivity contribution >= 4 is 29.2 Å². The van der Waals surface area contributed by atoms with E-state index in [9.17, 15) is 14.4 Å². The highest BCUT2D eigenvalue weighted by Gasteiger charge is 2.59. The number of hydrogen-bond donors (Lipinski definition) is 2. The van der Waals surface area contributed by atoms with Gasteiger partial charge >= 0.3 is 11.9 Å². The first-order valence-corrected chi connectivity index (χ1v) is 15.8. The van der Waals surface area contributed by atoms with Crippen molar-refractivity contribution in [3.05, 3.63) is 24.2 Å². The molecule has 45 heavy (non-hydrogen) atoms. The number of alkyl halides is 1. The molecule has 1 aliphatic carbocycles. The number of carbonyl (C=O) groups excluding carboxylic acids is 3. The summed E-state index contributed by atoms with van der Waals surface area (Å²) in [5, 5.41) is 7.09. The average Bonchev–Trinajstić information content (AvgIpc) is 3.47. The lowest BCUT2D eigenvalue weighted by Crippen LogP contribution is -2.50. The van der Waals surface area contributed by atoms with E-state index in [-0.39, 0.29) is 30.5 Å². The number of esters is 2. The van der Waals surface area contributed by atoms with Crippen molar-refractivity contribution in [2.24, 2.45) is 17.1 Å². The molecule has 1 saturated heterocycles. The summed E-state index contributed by atoms with van der Waals surface area (Å²) in [5.74, 6) is -1.11. The normalized spacial score (nSPS) is 24.7. The largest absolute Gasteiger partial charge is 0.463 e. The second-order valence-corrected chi connectivity index (χ2v) is 13.9. The Kier molecular flexibility index (Phi) is 10.6. The molecule has 1 saturated carbocycles. The molecule has 0 unspecified atom stereocenters. The van der Waals surface area contributed by atoms with Crippen LogP contribution >= 0.6 is 0 Å². The Balaban J connectivity index is 1.59. The number of ether oxygens (including phenoxy) is 4. The SMILES string of the molecule is CCCCOC(C)(C)C(=O)Nc1ncnn2c([C@@H]3O[C@H](COC(=O)CC4CCC4)[C@@H](OC(=O)[C@@H](N)C(C)(C)C)[C@@]3(C)F)ccc12. The van der Waals surface area contributed by atoms with Gasteiger partial charge in [0.05, 0.1) is 5.69 Å². The van der Waals surface area contributed by atoms with Gasteiger partial charge in [-0.1, -0.05) is 40.5 Å². The van der Waals surface area contributed by atoms with Crippen LogP contribution in [0.4, 0.5) is 10.2 Å². The van der Waals surface area contributed by atoms with Crippen LogP contribution in [0.5, 0.6) is 0 Å². The van der Waals surface area contributed by atoms with Gasteiger partial charge in [-0.15, -0.1) is 0 Å². The van der Waals surface area contributed by atoms with Crippen molar-refractivity contribution in [2.75, 3.05) is 18.5 Å². The predicted octanol–water partition coefficient (Wildman–Crippen LogP) is 4.45. The summed E-state index contributed by atoms with van der Waals surface area (Å²) in [6.07, 6.45) is 2.46. The molecule has 3 heterocycles. The third-order valence-corrected chi connectivity index (χ3v) is 8.73. The number of rotatable bonds is 13. The maximum absolute atomic E-state index is 16.9. The van der Waals surface area contributed by atoms with Crippen LogP contribution in [0.1, 0.15) is 98.8 Å². The van der Waals surface area contributed by atoms with E-state index in [1.54, 1.807) is 46.8 Å². The maximum atomic E-state index is 16.9. The van der Waals surface area contributed by atoms with Crippen molar-refractivity contribution in [2.45, 2.75) is 123 Å². The number of nitrogens with zero attached hydrogens (tertiary/aromatic N) is 3. The van der Waals surface area contributed by atoms with Crippen molar-refractivity contribution in [1.29, 1.82) is 0 Å². The molecule has 0 spiro atoms. The van der Waals surface area contributed by atoms with Crippen molar-refractivity contribution in [3.63, 3.8) is 0 Å². The number of carbonyl (C=O) groups is 3. The first-order valence-electron chi connectivity index (χ1n) is 15.8. The van der Waals surface area contributed by atoms with Crippen molar-refractivity contribution < 1.29 is 37.7 Å². The van der Waals surface area contributed by atoms with E-state index in [1.807, 2.05) is 6.92 Å². The third-order valence-electron chi connectivity index (χ3n) is 8.73. The van der Waals surface area contributed by atoms with Crippen LogP contribution in [0.2, 0.25) is 0 Å². The van der Waals surface area contributed by atoms with Gasteiger partial charge in [-0.05, 0) is 63.5 Å². The van der Waals surface area contributed by atoms with Gasteiger partial charge in [-0.3, -0.25) is 14.4 Å². The summed E-state index contributed by atoms with van der Waals surface area (Å²) >= 11 is 0. The van der Waals surface area contributed by atoms with Crippen LogP contribution in [0.25, 0.3) is 5.52 Å². The van der Waals surface area contributed by atoms with Crippen LogP contribution < -0.4 is 11.1 Å². The molecule has 1 amide bonds. The second kappa shape index (κ2) is 13.7. The second-order valence-electron chi connectivity index (χ2n) is 13.9. The molecule has 2 aromatic heterocycles. The number of hydrogen-bond acceptors (Lipinski definition) is 10. The maximum Gasteiger partial charge on any atom is 0.323 e. The summed E-state index contributed by atoms with van der Waals surface area (Å²) in [6, 6.07) is 2.21. The number of nitrogens with two attached hydrogens (primary N) is 1. The van der Waals surface area contributed by atoms with E-state index < -0.39 is 58.9 Å². The van der Waals surface area contributed by atoms with Crippen LogP contribution in [0.15, 0.2) is 18.5 Å². The molecule has 3 N–H and O–H groups in total. The number of aromatic nitrogens is 3. The van der Waals surface area contributed by atoms with Gasteiger partial charge in [0.25, 0.3) is 5.91 Å². The highest BCUT2D eigenvalue weighted by molar-refractivity contribution is 5.98. The van der Waals surface area contributed by atoms with E-state index in [4.69, 9.17) is 24.7 Å². The molecule has 2 aromatic rings. The van der Waals surface area contributed by atoms with E-state index in [0.717, 1.165) is 32.1 Å². The highest BCUT2D eigenvalue weighted by Crippen LogP contribution is 2.47. The van der Waals surface area contributed by atoms with E-state index in [0.29, 0.717) is 12.1 Å². The minimum atomic E-state index is -2.28. The predicted molar refractivity (Wildman–Crippen MR) is 164 cm³/mol. The monoisotopic (exact) mass is 633 g/mol. The molecule has 2 fully saturated rings. The Morgan fingerprint density at radius 1 is 1.22 bits per heavy atom. The molecule has 4 rings (SSSR count). The quantitative estimate of drug-likeness (QED) is 0.239. The minimum Gasteiger partial charge on any atom is -0.463 e. The molecular weight excluding hydrogens is 585 g/mol. The molecule has 5 atom stereocenters. The molecule has 12 nitrogen and oxygen atoms in total. The molecule has 1 aliphatic heterocycles. The van der Waals surface area contributed by atoms with Gasteiger partial charge < -0.3 is 30.0 Å². The van der Waals surface area contributed by atoms with Crippen LogP contribution in [-0.2, 0) is 33.3 Å². The zero-order chi connectivity index (χ0) is 33.2. The van der Waals surface area contributed by atoms with Gasteiger partial charge in [0, 0.05) is 13.0 Å². The summed E-state index contributed by atoms with van der Waals surface area (Å²) in [6.45, 7) is 12.1. The molecule has 13 heteroatoms. The number of unbranched alkanes of at least 4 members (excludes halogenated alkanes) is 1. The molecule has 0 aromatic carbocycles. The molecule has 0 bridgehead atoms. The van der Waals surface area contributed by atoms with Crippen molar-refractivity contribution in [1.82, 2.24) is 14.6 Å². The Bertz CT molecular complexity index is 1370. The third kappa shape index (κ3) is 7.81. The fraction of sp³-hybridized carbons (Fsp3) is 0.719. The number of fused-ring (bicyclic) bond motifs is 1. The number of nitrogens with one attached hydrogen (secondary N) is 1. The zero-order valence-electron chi connectivity index (χ0n) is 27.4. The van der Waals surface area contributed by atoms with Crippen molar-refractivity contribution in [3.8, 4) is 0 Å². The standard InChI is InChI=1S/C32H48FN5O7/c1-8-9-15-43-31(5,6)29(41)37-27-21-14-13-20(38(21)36-18-35-27)25-32(7,33)26(45-28(40)24(34)30(2,3)4)22(44-25)17-42-23(39)16-19-11-10-12-19/h13-14,18-19,22,24-26H,8-12,15-17,34H2,1-7H3,(H,35,36,37,41)/t22-,24-,25+,26-,32+/m1/s1. The topological polar surface area (TPSA) is 156 Å². The first kappa shape index (κ1) is 34.7. The average molecular weight is 634 g/mol. The lowest BCUT2D eigenvalue weighted by molar-refractivity contribution is -0.165. The summed E-state index contributed by atoms with van der Waals surface area (Å²) in [5.41, 5.74) is 2.78. The molecule has 250 valence electrons. The first-order chi connectivity index (χ1) is 21.1. The zero-order valence-corrected chi connectivity index (χ0v) is 27.4. The lowest BCUT2D eigenvalue weighted by Gasteiger charge is -2.31. The molecular formula is C32H48FN5O7. The van der Waals surface area contributed by atoms with Gasteiger partial charge in [-0.25, -0.2) is 13.9 Å². The lowest BCUT2D eigenvalue weighted by atomic mass is 9.83. The number of halogens is 1. The van der Waals surface area contributed by atoms with Crippen LogP contribution in [0, 0.1) is 11.3 Å². The Morgan fingerprint density at radius 2 is 1.93 bits per heavy atom. The van der Waals surface area contributed by atoms with Gasteiger partial charge in [-0.2, -0.15) is 5.10 Å².